The van der Waals surface area contributed by atoms with Crippen LogP contribution in [0.1, 0.15) is 69.0 Å². The number of anilines is 1. The first-order valence-electron chi connectivity index (χ1n) is 11.1. The number of rotatable bonds is 11. The molecule has 0 saturated carbocycles. The average molecular weight is 403 g/mol. The molecule has 2 atom stereocenters. The number of carboxylic acid groups (broad SMARTS) is 1. The smallest absolute Gasteiger partial charge is 0.326 e. The van der Waals surface area contributed by atoms with Crippen LogP contribution >= 0.6 is 0 Å². The highest BCUT2D eigenvalue weighted by molar-refractivity contribution is 5.87. The number of aliphatic carboxylic acids is 1. The number of carbonyl (C=O) groups is 2. The number of unbranched alkanes of at least 4 members (excludes halogenated alkanes) is 4. The summed E-state index contributed by atoms with van der Waals surface area (Å²) in [6.07, 6.45) is 10.6. The largest absolute Gasteiger partial charge is 0.480 e. The summed E-state index contributed by atoms with van der Waals surface area (Å²) in [5.41, 5.74) is 2.47. The molecular weight excluding hydrogens is 368 g/mol. The van der Waals surface area contributed by atoms with E-state index in [4.69, 9.17) is 4.98 Å². The molecule has 1 amide bonds. The number of hydrogen-bond acceptors (Lipinski definition) is 5. The van der Waals surface area contributed by atoms with E-state index in [1.165, 1.54) is 12.0 Å². The molecule has 3 heterocycles. The van der Waals surface area contributed by atoms with Crippen LogP contribution in [0, 0.1) is 0 Å². The first-order valence-corrected chi connectivity index (χ1v) is 11.1. The molecule has 7 nitrogen and oxygen atoms in total. The third kappa shape index (κ3) is 6.70. The van der Waals surface area contributed by atoms with Gasteiger partial charge in [0, 0.05) is 12.2 Å². The molecule has 1 fully saturated rings. The number of amides is 1. The van der Waals surface area contributed by atoms with Crippen LogP contribution in [0.25, 0.3) is 0 Å². The number of carbonyl (C=O) groups excluding carboxylic acids is 1. The summed E-state index contributed by atoms with van der Waals surface area (Å²) < 4.78 is 0. The van der Waals surface area contributed by atoms with Crippen LogP contribution < -0.4 is 16.0 Å². The normalized spacial score (nSPS) is 19.2. The van der Waals surface area contributed by atoms with E-state index in [0.29, 0.717) is 6.42 Å². The Balaban J connectivity index is 1.28. The minimum atomic E-state index is -0.941. The minimum Gasteiger partial charge on any atom is -0.480 e. The monoisotopic (exact) mass is 402 g/mol. The maximum Gasteiger partial charge on any atom is 0.326 e. The van der Waals surface area contributed by atoms with Crippen molar-refractivity contribution in [2.24, 2.45) is 0 Å². The molecule has 1 saturated heterocycles. The van der Waals surface area contributed by atoms with Gasteiger partial charge < -0.3 is 21.1 Å². The molecule has 0 spiro atoms. The van der Waals surface area contributed by atoms with Crippen molar-refractivity contribution >= 4 is 17.7 Å². The Morgan fingerprint density at radius 2 is 1.97 bits per heavy atom. The number of nitrogens with one attached hydrogen (secondary N) is 3. The molecule has 29 heavy (non-hydrogen) atoms. The Morgan fingerprint density at radius 3 is 2.76 bits per heavy atom. The van der Waals surface area contributed by atoms with Crippen LogP contribution in [0.3, 0.4) is 0 Å². The molecule has 0 aromatic carbocycles. The molecule has 2 unspecified atom stereocenters. The number of nitrogens with zero attached hydrogens (tertiary/aromatic N) is 1. The summed E-state index contributed by atoms with van der Waals surface area (Å²) >= 11 is 0. The zero-order valence-electron chi connectivity index (χ0n) is 17.2. The topological polar surface area (TPSA) is 103 Å². The lowest BCUT2D eigenvalue weighted by atomic mass is 10.0. The lowest BCUT2D eigenvalue weighted by molar-refractivity contribution is -0.142. The lowest BCUT2D eigenvalue weighted by Gasteiger charge is -2.17. The molecule has 0 bridgehead atoms. The summed E-state index contributed by atoms with van der Waals surface area (Å²) in [5.74, 6) is -0.0614. The van der Waals surface area contributed by atoms with Crippen molar-refractivity contribution in [2.75, 3.05) is 18.4 Å². The second-order valence-corrected chi connectivity index (χ2v) is 8.20. The predicted octanol–water partition coefficient (Wildman–Crippen LogP) is 2.64. The van der Waals surface area contributed by atoms with Gasteiger partial charge in [0.25, 0.3) is 0 Å². The first-order chi connectivity index (χ1) is 14.1. The van der Waals surface area contributed by atoms with Gasteiger partial charge in [-0.2, -0.15) is 0 Å². The third-order valence-electron chi connectivity index (χ3n) is 5.87. The molecule has 1 aromatic heterocycles. The van der Waals surface area contributed by atoms with Crippen molar-refractivity contribution in [3.05, 3.63) is 23.4 Å². The van der Waals surface area contributed by atoms with Gasteiger partial charge in [-0.25, -0.2) is 9.78 Å². The number of fused-ring (bicyclic) bond motifs is 1. The van der Waals surface area contributed by atoms with Gasteiger partial charge in [-0.15, -0.1) is 0 Å². The van der Waals surface area contributed by atoms with Crippen LogP contribution in [-0.4, -0.2) is 47.1 Å². The quantitative estimate of drug-likeness (QED) is 0.424. The lowest BCUT2D eigenvalue weighted by Crippen LogP contribution is -2.48. The van der Waals surface area contributed by atoms with Crippen LogP contribution in [0.4, 0.5) is 5.82 Å². The fourth-order valence-electron chi connectivity index (χ4n) is 4.13. The number of pyridine rings is 1. The molecular formula is C22H34N4O3. The van der Waals surface area contributed by atoms with Crippen LogP contribution in [0.15, 0.2) is 12.1 Å². The van der Waals surface area contributed by atoms with E-state index in [0.717, 1.165) is 82.4 Å². The predicted molar refractivity (Wildman–Crippen MR) is 113 cm³/mol. The maximum atomic E-state index is 12.1. The van der Waals surface area contributed by atoms with Gasteiger partial charge in [0.05, 0.1) is 6.04 Å². The van der Waals surface area contributed by atoms with Gasteiger partial charge in [0.1, 0.15) is 11.9 Å². The standard InChI is InChI=1S/C22H34N4O3/c27-21(18-11-7-14-23-18)26-19(22(28)29)10-5-3-1-2-4-9-17-13-12-16-8-6-15-24-20(16)25-17/h12-13,18-19,23H,1-11,14-15H2,(H,24,25)(H,26,27)(H,28,29). The average Bonchev–Trinajstić information content (AvgIpc) is 3.27. The summed E-state index contributed by atoms with van der Waals surface area (Å²) in [7, 11) is 0. The molecule has 3 rings (SSSR count). The van der Waals surface area contributed by atoms with E-state index in [9.17, 15) is 14.7 Å². The summed E-state index contributed by atoms with van der Waals surface area (Å²) in [5, 5.41) is 18.5. The van der Waals surface area contributed by atoms with Gasteiger partial charge in [-0.05, 0) is 63.1 Å². The Kier molecular flexibility index (Phi) is 8.28. The van der Waals surface area contributed by atoms with Crippen molar-refractivity contribution in [3.63, 3.8) is 0 Å². The Morgan fingerprint density at radius 1 is 1.14 bits per heavy atom. The Hall–Kier alpha value is -2.15. The molecule has 2 aliphatic rings. The molecule has 2 aliphatic heterocycles. The number of aromatic nitrogens is 1. The first kappa shape index (κ1) is 21.6. The summed E-state index contributed by atoms with van der Waals surface area (Å²) in [6, 6.07) is 3.33. The van der Waals surface area contributed by atoms with Crippen molar-refractivity contribution in [3.8, 4) is 0 Å². The summed E-state index contributed by atoms with van der Waals surface area (Å²) in [4.78, 5) is 28.3. The van der Waals surface area contributed by atoms with E-state index in [2.05, 4.69) is 28.1 Å². The minimum absolute atomic E-state index is 0.179. The molecule has 160 valence electrons. The van der Waals surface area contributed by atoms with Gasteiger partial charge in [-0.1, -0.05) is 31.7 Å². The Bertz CT molecular complexity index is 689. The van der Waals surface area contributed by atoms with Gasteiger partial charge in [0.15, 0.2) is 0 Å². The zero-order chi connectivity index (χ0) is 20.5. The number of aryl methyl sites for hydroxylation is 2. The fraction of sp³-hybridized carbons (Fsp3) is 0.682. The third-order valence-corrected chi connectivity index (χ3v) is 5.87. The van der Waals surface area contributed by atoms with Gasteiger partial charge in [0.2, 0.25) is 5.91 Å². The molecule has 0 aliphatic carbocycles. The highest BCUT2D eigenvalue weighted by Crippen LogP contribution is 2.20. The zero-order valence-corrected chi connectivity index (χ0v) is 17.2. The molecule has 7 heteroatoms. The van der Waals surface area contributed by atoms with Gasteiger partial charge in [-0.3, -0.25) is 4.79 Å². The number of carboxylic acids is 1. The maximum absolute atomic E-state index is 12.1. The molecule has 1 aromatic rings. The van der Waals surface area contributed by atoms with Crippen molar-refractivity contribution in [1.82, 2.24) is 15.6 Å². The van der Waals surface area contributed by atoms with E-state index in [1.54, 1.807) is 0 Å². The van der Waals surface area contributed by atoms with Crippen LogP contribution in [-0.2, 0) is 22.4 Å². The van der Waals surface area contributed by atoms with Gasteiger partial charge >= 0.3 is 5.97 Å². The molecule has 4 N–H and O–H groups in total. The number of hydrogen-bond donors (Lipinski definition) is 4. The van der Waals surface area contributed by atoms with E-state index >= 15 is 0 Å². The Labute approximate surface area is 173 Å². The van der Waals surface area contributed by atoms with Crippen LogP contribution in [0.5, 0.6) is 0 Å². The molecule has 0 radical (unpaired) electrons. The highest BCUT2D eigenvalue weighted by Gasteiger charge is 2.26. The van der Waals surface area contributed by atoms with Crippen molar-refractivity contribution in [2.45, 2.75) is 82.7 Å². The SMILES string of the molecule is O=C(O)C(CCCCCCCc1ccc2c(n1)NCCC2)NC(=O)C1CCCN1. The van der Waals surface area contributed by atoms with E-state index in [1.807, 2.05) is 0 Å². The van der Waals surface area contributed by atoms with E-state index < -0.39 is 12.0 Å². The van der Waals surface area contributed by atoms with Crippen LogP contribution in [0.2, 0.25) is 0 Å². The van der Waals surface area contributed by atoms with Crippen molar-refractivity contribution < 1.29 is 14.7 Å². The fourth-order valence-corrected chi connectivity index (χ4v) is 4.13. The van der Waals surface area contributed by atoms with Crippen molar-refractivity contribution in [1.29, 1.82) is 0 Å². The van der Waals surface area contributed by atoms with E-state index in [-0.39, 0.29) is 11.9 Å². The summed E-state index contributed by atoms with van der Waals surface area (Å²) in [6.45, 7) is 1.84. The second kappa shape index (κ2) is 11.1. The second-order valence-electron chi connectivity index (χ2n) is 8.20. The highest BCUT2D eigenvalue weighted by atomic mass is 16.4.